The molecule has 1 N–H and O–H groups in total. The summed E-state index contributed by atoms with van der Waals surface area (Å²) in [7, 11) is 0. The minimum absolute atomic E-state index is 0.120. The largest absolute Gasteiger partial charge is 0.379 e. The Morgan fingerprint density at radius 3 is 2.43 bits per heavy atom. The monoisotopic (exact) mass is 488 g/mol. The number of morpholine rings is 1. The third kappa shape index (κ3) is 6.17. The average Bonchev–Trinajstić information content (AvgIpc) is 3.34. The first kappa shape index (κ1) is 23.7. The lowest BCUT2D eigenvalue weighted by molar-refractivity contribution is 0.0135. The summed E-state index contributed by atoms with van der Waals surface area (Å²) >= 11 is 1.72. The number of hydrogen-bond acceptors (Lipinski definition) is 5. The lowest BCUT2D eigenvalue weighted by Crippen LogP contribution is -2.39. The molecule has 4 aromatic rings. The molecule has 180 valence electrons. The van der Waals surface area contributed by atoms with Crippen LogP contribution in [0.3, 0.4) is 0 Å². The minimum Gasteiger partial charge on any atom is -0.379 e. The summed E-state index contributed by atoms with van der Waals surface area (Å²) in [6, 6.07) is 21.4. The SMILES string of the molecule is Fc1ccc(CCC(c2nc(SCc3ccccc3)[nH]c2-c2ccncc2)N2CCOCC2)cc1. The molecule has 2 aromatic carbocycles. The predicted octanol–water partition coefficient (Wildman–Crippen LogP) is 5.91. The van der Waals surface area contributed by atoms with E-state index in [-0.39, 0.29) is 11.9 Å². The molecule has 1 aliphatic heterocycles. The van der Waals surface area contributed by atoms with Crippen molar-refractivity contribution < 1.29 is 9.13 Å². The summed E-state index contributed by atoms with van der Waals surface area (Å²) in [6.07, 6.45) is 5.37. The Morgan fingerprint density at radius 2 is 1.69 bits per heavy atom. The predicted molar refractivity (Wildman–Crippen MR) is 138 cm³/mol. The third-order valence-corrected chi connectivity index (χ3v) is 7.26. The molecule has 0 spiro atoms. The van der Waals surface area contributed by atoms with Crippen molar-refractivity contribution in [3.63, 3.8) is 0 Å². The lowest BCUT2D eigenvalue weighted by Gasteiger charge is -2.34. The van der Waals surface area contributed by atoms with E-state index in [1.807, 2.05) is 42.7 Å². The Balaban J connectivity index is 1.46. The molecule has 1 saturated heterocycles. The van der Waals surface area contributed by atoms with Crippen LogP contribution in [-0.2, 0) is 16.9 Å². The van der Waals surface area contributed by atoms with Gasteiger partial charge in [-0.15, -0.1) is 0 Å². The van der Waals surface area contributed by atoms with Crippen molar-refractivity contribution in [3.05, 3.63) is 102 Å². The fourth-order valence-electron chi connectivity index (χ4n) is 4.47. The van der Waals surface area contributed by atoms with Crippen LogP contribution < -0.4 is 0 Å². The van der Waals surface area contributed by atoms with E-state index in [2.05, 4.69) is 39.1 Å². The van der Waals surface area contributed by atoms with Gasteiger partial charge in [0, 0.05) is 36.8 Å². The molecule has 0 amide bonds. The molecule has 0 radical (unpaired) electrons. The molecule has 0 bridgehead atoms. The van der Waals surface area contributed by atoms with Gasteiger partial charge in [0.25, 0.3) is 0 Å². The zero-order valence-corrected chi connectivity index (χ0v) is 20.4. The quantitative estimate of drug-likeness (QED) is 0.297. The van der Waals surface area contributed by atoms with Crippen LogP contribution in [0.2, 0.25) is 0 Å². The van der Waals surface area contributed by atoms with Gasteiger partial charge in [0.05, 0.1) is 30.6 Å². The maximum atomic E-state index is 13.4. The number of nitrogens with one attached hydrogen (secondary N) is 1. The van der Waals surface area contributed by atoms with Gasteiger partial charge in [-0.05, 0) is 48.2 Å². The van der Waals surface area contributed by atoms with E-state index < -0.39 is 0 Å². The first-order valence-electron chi connectivity index (χ1n) is 12.0. The van der Waals surface area contributed by atoms with Crippen molar-refractivity contribution in [2.24, 2.45) is 0 Å². The average molecular weight is 489 g/mol. The number of aryl methyl sites for hydroxylation is 1. The van der Waals surface area contributed by atoms with Gasteiger partial charge in [-0.1, -0.05) is 54.2 Å². The van der Waals surface area contributed by atoms with Gasteiger partial charge in [-0.2, -0.15) is 0 Å². The summed E-state index contributed by atoms with van der Waals surface area (Å²) in [5.41, 5.74) is 5.56. The highest BCUT2D eigenvalue weighted by atomic mass is 32.2. The molecule has 1 atom stereocenters. The van der Waals surface area contributed by atoms with Crippen molar-refractivity contribution in [1.82, 2.24) is 19.9 Å². The van der Waals surface area contributed by atoms with Crippen LogP contribution in [0, 0.1) is 5.82 Å². The van der Waals surface area contributed by atoms with Crippen molar-refractivity contribution in [3.8, 4) is 11.3 Å². The lowest BCUT2D eigenvalue weighted by atomic mass is 9.98. The number of nitrogens with zero attached hydrogens (tertiary/aromatic N) is 3. The Labute approximate surface area is 209 Å². The van der Waals surface area contributed by atoms with E-state index in [1.165, 1.54) is 17.7 Å². The highest BCUT2D eigenvalue weighted by Gasteiger charge is 2.28. The second kappa shape index (κ2) is 11.6. The molecule has 2 aromatic heterocycles. The molecular weight excluding hydrogens is 459 g/mol. The molecule has 3 heterocycles. The van der Waals surface area contributed by atoms with Crippen molar-refractivity contribution in [2.45, 2.75) is 29.8 Å². The van der Waals surface area contributed by atoms with Crippen LogP contribution in [0.15, 0.2) is 84.3 Å². The zero-order valence-electron chi connectivity index (χ0n) is 19.6. The number of pyridine rings is 1. The van der Waals surface area contributed by atoms with Crippen molar-refractivity contribution in [1.29, 1.82) is 0 Å². The van der Waals surface area contributed by atoms with Gasteiger partial charge in [0.2, 0.25) is 0 Å². The Morgan fingerprint density at radius 1 is 0.943 bits per heavy atom. The molecule has 5 nitrogen and oxygen atoms in total. The van der Waals surface area contributed by atoms with Gasteiger partial charge < -0.3 is 9.72 Å². The smallest absolute Gasteiger partial charge is 0.166 e. The molecule has 7 heteroatoms. The first-order valence-corrected chi connectivity index (χ1v) is 13.0. The highest BCUT2D eigenvalue weighted by molar-refractivity contribution is 7.98. The number of rotatable bonds is 9. The van der Waals surface area contributed by atoms with E-state index in [0.29, 0.717) is 0 Å². The molecule has 1 fully saturated rings. The van der Waals surface area contributed by atoms with Gasteiger partial charge >= 0.3 is 0 Å². The summed E-state index contributed by atoms with van der Waals surface area (Å²) < 4.78 is 19.1. The first-order chi connectivity index (χ1) is 17.3. The molecule has 5 rings (SSSR count). The Kier molecular flexibility index (Phi) is 7.88. The van der Waals surface area contributed by atoms with E-state index in [0.717, 1.165) is 72.6 Å². The molecule has 0 saturated carbocycles. The standard InChI is InChI=1S/C28H29FN4OS/c29-24-9-6-21(7-10-24)8-11-25(33-16-18-34-19-17-33)27-26(23-12-14-30-15-13-23)31-28(32-27)35-20-22-4-2-1-3-5-22/h1-7,9-10,12-15,25H,8,11,16-20H2,(H,31,32). The maximum Gasteiger partial charge on any atom is 0.166 e. The molecule has 0 aliphatic carbocycles. The fraction of sp³-hybridized carbons (Fsp3) is 0.286. The maximum absolute atomic E-state index is 13.4. The Hall–Kier alpha value is -3.00. The van der Waals surface area contributed by atoms with Crippen LogP contribution in [-0.4, -0.2) is 46.2 Å². The second-order valence-electron chi connectivity index (χ2n) is 8.64. The molecule has 35 heavy (non-hydrogen) atoms. The van der Waals surface area contributed by atoms with Gasteiger partial charge in [0.15, 0.2) is 5.16 Å². The number of H-pyrrole nitrogens is 1. The number of halogens is 1. The number of aromatic nitrogens is 3. The summed E-state index contributed by atoms with van der Waals surface area (Å²) in [4.78, 5) is 15.4. The Bertz CT molecular complexity index is 1190. The number of hydrogen-bond donors (Lipinski definition) is 1. The van der Waals surface area contributed by atoms with E-state index in [9.17, 15) is 4.39 Å². The summed E-state index contributed by atoms with van der Waals surface area (Å²) in [5.74, 6) is 0.646. The summed E-state index contributed by atoms with van der Waals surface area (Å²) in [5, 5.41) is 0.913. The van der Waals surface area contributed by atoms with Crippen LogP contribution in [0.1, 0.15) is 29.3 Å². The number of ether oxygens (including phenoxy) is 1. The number of thioether (sulfide) groups is 1. The van der Waals surface area contributed by atoms with Gasteiger partial charge in [-0.25, -0.2) is 9.37 Å². The van der Waals surface area contributed by atoms with Crippen LogP contribution in [0.5, 0.6) is 0 Å². The third-order valence-electron chi connectivity index (χ3n) is 6.32. The number of benzene rings is 2. The van der Waals surface area contributed by atoms with E-state index in [4.69, 9.17) is 9.72 Å². The minimum atomic E-state index is -0.203. The zero-order chi connectivity index (χ0) is 23.9. The van der Waals surface area contributed by atoms with Gasteiger partial charge in [0.1, 0.15) is 5.82 Å². The van der Waals surface area contributed by atoms with Crippen molar-refractivity contribution >= 4 is 11.8 Å². The molecule has 1 aliphatic rings. The fourth-order valence-corrected chi connectivity index (χ4v) is 5.31. The van der Waals surface area contributed by atoms with Crippen LogP contribution in [0.25, 0.3) is 11.3 Å². The molecule has 1 unspecified atom stereocenters. The van der Waals surface area contributed by atoms with Gasteiger partial charge in [-0.3, -0.25) is 9.88 Å². The van der Waals surface area contributed by atoms with E-state index in [1.54, 1.807) is 11.8 Å². The number of aromatic amines is 1. The summed E-state index contributed by atoms with van der Waals surface area (Å²) in [6.45, 7) is 3.17. The van der Waals surface area contributed by atoms with Crippen LogP contribution in [0.4, 0.5) is 4.39 Å². The normalized spacial score (nSPS) is 15.2. The van der Waals surface area contributed by atoms with Crippen LogP contribution >= 0.6 is 11.8 Å². The molecular formula is C28H29FN4OS. The van der Waals surface area contributed by atoms with Crippen molar-refractivity contribution in [2.75, 3.05) is 26.3 Å². The topological polar surface area (TPSA) is 54.0 Å². The van der Waals surface area contributed by atoms with E-state index >= 15 is 0 Å². The number of imidazole rings is 1. The highest BCUT2D eigenvalue weighted by Crippen LogP contribution is 2.35. The second-order valence-corrected chi connectivity index (χ2v) is 9.61.